The van der Waals surface area contributed by atoms with E-state index in [9.17, 15) is 18.0 Å². The van der Waals surface area contributed by atoms with Gasteiger partial charge in [-0.1, -0.05) is 11.6 Å². The normalized spacial score (nSPS) is 19.0. The van der Waals surface area contributed by atoms with Crippen LogP contribution in [0.2, 0.25) is 5.02 Å². The van der Waals surface area contributed by atoms with Crippen LogP contribution in [-0.2, 0) is 10.9 Å². The maximum atomic E-state index is 12.9. The van der Waals surface area contributed by atoms with Crippen molar-refractivity contribution in [2.45, 2.75) is 18.7 Å². The first-order valence-electron chi connectivity index (χ1n) is 7.61. The summed E-state index contributed by atoms with van der Waals surface area (Å²) >= 11 is 5.95. The zero-order valence-corrected chi connectivity index (χ0v) is 14.3. The molecule has 0 bridgehead atoms. The Balaban J connectivity index is 2.13. The molecule has 0 aromatic heterocycles. The van der Waals surface area contributed by atoms with Gasteiger partial charge < -0.3 is 14.5 Å². The summed E-state index contributed by atoms with van der Waals surface area (Å²) < 4.78 is 44.2. The number of alkyl halides is 3. The second-order valence-electron chi connectivity index (χ2n) is 6.03. The number of rotatable bonds is 4. The van der Waals surface area contributed by atoms with E-state index >= 15 is 0 Å². The predicted octanol–water partition coefficient (Wildman–Crippen LogP) is 3.15. The van der Waals surface area contributed by atoms with Gasteiger partial charge in [-0.15, -0.1) is 0 Å². The monoisotopic (exact) mass is 364 g/mol. The van der Waals surface area contributed by atoms with Crippen molar-refractivity contribution < 1.29 is 22.7 Å². The number of carbonyl (C=O) groups excluding carboxylic acids is 1. The molecule has 0 aliphatic carbocycles. The van der Waals surface area contributed by atoms with Gasteiger partial charge in [0.05, 0.1) is 28.9 Å². The van der Waals surface area contributed by atoms with Crippen LogP contribution in [0.3, 0.4) is 0 Å². The minimum atomic E-state index is -4.52. The van der Waals surface area contributed by atoms with E-state index in [-0.39, 0.29) is 16.7 Å². The molecule has 2 rings (SSSR count). The number of ether oxygens (including phenoxy) is 1. The number of hydrogen-bond donors (Lipinski definition) is 0. The largest absolute Gasteiger partial charge is 0.416 e. The summed E-state index contributed by atoms with van der Waals surface area (Å²) in [6, 6.07) is 2.80. The first-order valence-corrected chi connectivity index (χ1v) is 7.98. The summed E-state index contributed by atoms with van der Waals surface area (Å²) in [6.45, 7) is 1.85. The molecule has 134 valence electrons. The lowest BCUT2D eigenvalue weighted by Gasteiger charge is -2.33. The molecule has 1 aromatic carbocycles. The van der Waals surface area contributed by atoms with Crippen molar-refractivity contribution >= 4 is 17.5 Å². The first-order chi connectivity index (χ1) is 11.2. The molecule has 1 saturated heterocycles. The molecule has 4 nitrogen and oxygen atoms in total. The molecule has 0 N–H and O–H groups in total. The third-order valence-corrected chi connectivity index (χ3v) is 4.18. The van der Waals surface area contributed by atoms with Gasteiger partial charge in [-0.2, -0.15) is 13.2 Å². The van der Waals surface area contributed by atoms with Crippen LogP contribution in [0.25, 0.3) is 0 Å². The van der Waals surface area contributed by atoms with Gasteiger partial charge in [-0.25, -0.2) is 0 Å². The number of carbonyl (C=O) groups is 1. The number of amides is 1. The molecule has 1 aromatic rings. The van der Waals surface area contributed by atoms with Crippen LogP contribution in [0.15, 0.2) is 18.2 Å². The maximum absolute atomic E-state index is 12.9. The average molecular weight is 365 g/mol. The van der Waals surface area contributed by atoms with E-state index in [1.165, 1.54) is 4.90 Å². The average Bonchev–Trinajstić information content (AvgIpc) is 2.52. The van der Waals surface area contributed by atoms with E-state index in [1.807, 2.05) is 19.0 Å². The van der Waals surface area contributed by atoms with Crippen LogP contribution in [-0.4, -0.2) is 62.1 Å². The third kappa shape index (κ3) is 4.84. The highest BCUT2D eigenvalue weighted by Crippen LogP contribution is 2.32. The summed E-state index contributed by atoms with van der Waals surface area (Å²) in [5.74, 6) is -0.496. The highest BCUT2D eigenvalue weighted by molar-refractivity contribution is 6.33. The van der Waals surface area contributed by atoms with Crippen molar-refractivity contribution in [1.82, 2.24) is 9.80 Å². The number of halogens is 4. The van der Waals surface area contributed by atoms with Crippen molar-refractivity contribution in [3.63, 3.8) is 0 Å². The summed E-state index contributed by atoms with van der Waals surface area (Å²) in [7, 11) is 3.88. The Labute approximate surface area is 144 Å². The van der Waals surface area contributed by atoms with Gasteiger partial charge in [0.15, 0.2) is 0 Å². The summed E-state index contributed by atoms with van der Waals surface area (Å²) in [5, 5.41) is 0.0179. The second kappa shape index (κ2) is 7.72. The fourth-order valence-corrected chi connectivity index (χ4v) is 2.71. The van der Waals surface area contributed by atoms with Gasteiger partial charge in [-0.05, 0) is 38.7 Å². The van der Waals surface area contributed by atoms with E-state index in [4.69, 9.17) is 16.3 Å². The van der Waals surface area contributed by atoms with Gasteiger partial charge in [0, 0.05) is 19.6 Å². The van der Waals surface area contributed by atoms with E-state index in [0.717, 1.165) is 31.2 Å². The molecule has 0 saturated carbocycles. The summed E-state index contributed by atoms with van der Waals surface area (Å²) in [4.78, 5) is 16.1. The Hall–Kier alpha value is -1.31. The number of hydrogen-bond acceptors (Lipinski definition) is 3. The van der Waals surface area contributed by atoms with Gasteiger partial charge in [0.2, 0.25) is 0 Å². The second-order valence-corrected chi connectivity index (χ2v) is 6.44. The molecular formula is C16H20ClF3N2O2. The molecule has 1 amide bonds. The Morgan fingerprint density at radius 2 is 2.12 bits per heavy atom. The van der Waals surface area contributed by atoms with Crippen LogP contribution in [0.4, 0.5) is 13.2 Å². The molecule has 24 heavy (non-hydrogen) atoms. The van der Waals surface area contributed by atoms with Crippen molar-refractivity contribution in [3.05, 3.63) is 34.3 Å². The Bertz CT molecular complexity index is 593. The highest BCUT2D eigenvalue weighted by Gasteiger charge is 2.33. The molecule has 1 aliphatic rings. The van der Waals surface area contributed by atoms with Crippen molar-refractivity contribution in [3.8, 4) is 0 Å². The smallest absolute Gasteiger partial charge is 0.374 e. The lowest BCUT2D eigenvalue weighted by atomic mass is 10.1. The van der Waals surface area contributed by atoms with E-state index < -0.39 is 17.6 Å². The quantitative estimate of drug-likeness (QED) is 0.822. The molecule has 0 spiro atoms. The maximum Gasteiger partial charge on any atom is 0.416 e. The topological polar surface area (TPSA) is 32.8 Å². The lowest BCUT2D eigenvalue weighted by Crippen LogP contribution is -2.46. The molecule has 0 radical (unpaired) electrons. The van der Waals surface area contributed by atoms with Crippen LogP contribution in [0, 0.1) is 0 Å². The van der Waals surface area contributed by atoms with Crippen LogP contribution in [0.5, 0.6) is 0 Å². The van der Waals surface area contributed by atoms with Crippen LogP contribution < -0.4 is 0 Å². The lowest BCUT2D eigenvalue weighted by molar-refractivity contribution is -0.137. The number of nitrogens with zero attached hydrogens (tertiary/aromatic N) is 2. The molecule has 0 unspecified atom stereocenters. The molecule has 1 fully saturated rings. The minimum absolute atomic E-state index is 0.0179. The van der Waals surface area contributed by atoms with Gasteiger partial charge in [0.25, 0.3) is 5.91 Å². The van der Waals surface area contributed by atoms with Gasteiger partial charge in [0.1, 0.15) is 0 Å². The molecule has 1 aliphatic heterocycles. The third-order valence-electron chi connectivity index (χ3n) is 3.85. The SMILES string of the molecule is CN(C)CC[C@H]1CN(C(=O)c2cc(C(F)(F)F)ccc2Cl)CCO1. The van der Waals surface area contributed by atoms with Crippen molar-refractivity contribution in [2.24, 2.45) is 0 Å². The summed E-state index contributed by atoms with van der Waals surface area (Å²) in [5.41, 5.74) is -1.01. The van der Waals surface area contributed by atoms with E-state index in [0.29, 0.717) is 19.7 Å². The van der Waals surface area contributed by atoms with E-state index in [2.05, 4.69) is 0 Å². The Morgan fingerprint density at radius 3 is 2.75 bits per heavy atom. The standard InChI is InChI=1S/C16H20ClF3N2O2/c1-21(2)6-5-12-10-22(7-8-24-12)15(23)13-9-11(16(18,19)20)3-4-14(13)17/h3-4,9,12H,5-8,10H2,1-2H3/t12-/m0/s1. The van der Waals surface area contributed by atoms with Crippen LogP contribution >= 0.6 is 11.6 Å². The highest BCUT2D eigenvalue weighted by atomic mass is 35.5. The zero-order chi connectivity index (χ0) is 17.9. The van der Waals surface area contributed by atoms with Crippen LogP contribution in [0.1, 0.15) is 22.3 Å². The Morgan fingerprint density at radius 1 is 1.42 bits per heavy atom. The van der Waals surface area contributed by atoms with Gasteiger partial charge in [-0.3, -0.25) is 4.79 Å². The van der Waals surface area contributed by atoms with Gasteiger partial charge >= 0.3 is 6.18 Å². The van der Waals surface area contributed by atoms with Crippen molar-refractivity contribution in [2.75, 3.05) is 40.3 Å². The van der Waals surface area contributed by atoms with Crippen molar-refractivity contribution in [1.29, 1.82) is 0 Å². The predicted molar refractivity (Wildman–Crippen MR) is 85.3 cm³/mol. The zero-order valence-electron chi connectivity index (χ0n) is 13.6. The molecular weight excluding hydrogens is 345 g/mol. The molecule has 1 heterocycles. The first kappa shape index (κ1) is 19.0. The molecule has 8 heteroatoms. The Kier molecular flexibility index (Phi) is 6.11. The van der Waals surface area contributed by atoms with E-state index in [1.54, 1.807) is 0 Å². The summed E-state index contributed by atoms with van der Waals surface area (Å²) in [6.07, 6.45) is -3.90. The number of benzene rings is 1. The number of morpholine rings is 1. The minimum Gasteiger partial charge on any atom is -0.374 e. The molecule has 1 atom stereocenters. The fourth-order valence-electron chi connectivity index (χ4n) is 2.52. The fraction of sp³-hybridized carbons (Fsp3) is 0.562.